The number of halogens is 1. The fourth-order valence-corrected chi connectivity index (χ4v) is 3.31. The maximum atomic E-state index is 9.17. The van der Waals surface area contributed by atoms with Gasteiger partial charge in [-0.1, -0.05) is 17.7 Å². The third kappa shape index (κ3) is 2.93. The van der Waals surface area contributed by atoms with Gasteiger partial charge < -0.3 is 14.7 Å². The van der Waals surface area contributed by atoms with E-state index in [0.29, 0.717) is 11.1 Å². The molecule has 0 radical (unpaired) electrons. The van der Waals surface area contributed by atoms with Crippen LogP contribution < -0.4 is 4.90 Å². The first kappa shape index (κ1) is 14.1. The molecule has 1 N–H and O–H groups in total. The fraction of sp³-hybridized carbons (Fsp3) is 0.600. The van der Waals surface area contributed by atoms with E-state index in [2.05, 4.69) is 15.9 Å². The van der Waals surface area contributed by atoms with Crippen molar-refractivity contribution in [2.24, 2.45) is 0 Å². The summed E-state index contributed by atoms with van der Waals surface area (Å²) in [5.41, 5.74) is 1.95. The Hall–Kier alpha value is -0.810. The normalized spacial score (nSPS) is 24.3. The maximum absolute atomic E-state index is 9.17. The minimum atomic E-state index is -0.00445. The van der Waals surface area contributed by atoms with Crippen LogP contribution in [0.15, 0.2) is 18.2 Å². The lowest BCUT2D eigenvalue weighted by Gasteiger charge is -2.32. The number of benzene rings is 1. The lowest BCUT2D eigenvalue weighted by atomic mass is 10.2. The van der Waals surface area contributed by atoms with E-state index in [9.17, 15) is 5.11 Å². The van der Waals surface area contributed by atoms with Gasteiger partial charge >= 0.3 is 0 Å². The standard InChI is InChI=1S/C15H21ClN2O2/c16-15-9-13(2-1-12(15)11-19)18-4-3-14(10-18)17-5-7-20-8-6-17/h1-2,9,14,19H,3-8,10-11H2. The van der Waals surface area contributed by atoms with Crippen LogP contribution in [-0.2, 0) is 11.3 Å². The zero-order valence-corrected chi connectivity index (χ0v) is 12.4. The van der Waals surface area contributed by atoms with Crippen LogP contribution in [0, 0.1) is 0 Å². The molecule has 0 aromatic heterocycles. The summed E-state index contributed by atoms with van der Waals surface area (Å²) in [5, 5.41) is 9.82. The predicted molar refractivity (Wildman–Crippen MR) is 80.4 cm³/mol. The first-order valence-corrected chi connectivity index (χ1v) is 7.62. The molecule has 2 heterocycles. The molecule has 1 aromatic rings. The third-order valence-electron chi connectivity index (χ3n) is 4.30. The van der Waals surface area contributed by atoms with Gasteiger partial charge in [0.05, 0.1) is 19.8 Å². The minimum Gasteiger partial charge on any atom is -0.392 e. The van der Waals surface area contributed by atoms with Crippen LogP contribution in [0.4, 0.5) is 5.69 Å². The number of anilines is 1. The molecule has 0 spiro atoms. The van der Waals surface area contributed by atoms with Crippen molar-refractivity contribution in [1.29, 1.82) is 0 Å². The molecular weight excluding hydrogens is 276 g/mol. The fourth-order valence-electron chi connectivity index (χ4n) is 3.08. The number of hydrogen-bond acceptors (Lipinski definition) is 4. The van der Waals surface area contributed by atoms with E-state index in [4.69, 9.17) is 16.3 Å². The van der Waals surface area contributed by atoms with Gasteiger partial charge in [0.25, 0.3) is 0 Å². The Morgan fingerprint density at radius 3 is 2.75 bits per heavy atom. The number of aliphatic hydroxyl groups excluding tert-OH is 1. The number of morpholine rings is 1. The summed E-state index contributed by atoms with van der Waals surface area (Å²) in [6, 6.07) is 6.56. The second kappa shape index (κ2) is 6.31. The lowest BCUT2D eigenvalue weighted by Crippen LogP contribution is -2.44. The smallest absolute Gasteiger partial charge is 0.0696 e. The van der Waals surface area contributed by atoms with Crippen LogP contribution >= 0.6 is 11.6 Å². The zero-order chi connectivity index (χ0) is 13.9. The molecule has 2 saturated heterocycles. The SMILES string of the molecule is OCc1ccc(N2CCC(N3CCOCC3)C2)cc1Cl. The summed E-state index contributed by atoms with van der Waals surface area (Å²) < 4.78 is 5.42. The van der Waals surface area contributed by atoms with Gasteiger partial charge in [0, 0.05) is 42.9 Å². The molecule has 2 aliphatic heterocycles. The highest BCUT2D eigenvalue weighted by Crippen LogP contribution is 2.28. The summed E-state index contributed by atoms with van der Waals surface area (Å²) >= 11 is 6.18. The van der Waals surface area contributed by atoms with Gasteiger partial charge in [-0.3, -0.25) is 4.90 Å². The second-order valence-electron chi connectivity index (χ2n) is 5.47. The van der Waals surface area contributed by atoms with Crippen LogP contribution in [0.1, 0.15) is 12.0 Å². The van der Waals surface area contributed by atoms with Gasteiger partial charge in [0.2, 0.25) is 0 Å². The third-order valence-corrected chi connectivity index (χ3v) is 4.65. The van der Waals surface area contributed by atoms with E-state index in [0.717, 1.165) is 50.6 Å². The summed E-state index contributed by atoms with van der Waals surface area (Å²) in [6.07, 6.45) is 1.19. The van der Waals surface area contributed by atoms with Gasteiger partial charge in [-0.25, -0.2) is 0 Å². The number of rotatable bonds is 3. The molecule has 5 heteroatoms. The Kier molecular flexibility index (Phi) is 4.46. The van der Waals surface area contributed by atoms with E-state index in [1.807, 2.05) is 12.1 Å². The lowest BCUT2D eigenvalue weighted by molar-refractivity contribution is 0.0209. The van der Waals surface area contributed by atoms with E-state index >= 15 is 0 Å². The number of nitrogens with zero attached hydrogens (tertiary/aromatic N) is 2. The Labute approximate surface area is 124 Å². The van der Waals surface area contributed by atoms with Crippen molar-refractivity contribution in [2.75, 3.05) is 44.3 Å². The van der Waals surface area contributed by atoms with E-state index in [-0.39, 0.29) is 6.61 Å². The zero-order valence-electron chi connectivity index (χ0n) is 11.6. The highest BCUT2D eigenvalue weighted by molar-refractivity contribution is 6.31. The number of aliphatic hydroxyl groups is 1. The summed E-state index contributed by atoms with van der Waals surface area (Å²) in [5.74, 6) is 0. The summed E-state index contributed by atoms with van der Waals surface area (Å²) in [7, 11) is 0. The van der Waals surface area contributed by atoms with Gasteiger partial charge in [0.1, 0.15) is 0 Å². The quantitative estimate of drug-likeness (QED) is 0.922. The van der Waals surface area contributed by atoms with E-state index < -0.39 is 0 Å². The van der Waals surface area contributed by atoms with Crippen molar-refractivity contribution in [3.63, 3.8) is 0 Å². The van der Waals surface area contributed by atoms with Crippen LogP contribution in [0.5, 0.6) is 0 Å². The first-order valence-electron chi connectivity index (χ1n) is 7.24. The average Bonchev–Trinajstić information content (AvgIpc) is 2.98. The van der Waals surface area contributed by atoms with Gasteiger partial charge in [-0.2, -0.15) is 0 Å². The summed E-state index contributed by atoms with van der Waals surface area (Å²) in [4.78, 5) is 4.92. The van der Waals surface area contributed by atoms with Gasteiger partial charge in [0.15, 0.2) is 0 Å². The van der Waals surface area contributed by atoms with Crippen LogP contribution in [0.2, 0.25) is 5.02 Å². The molecule has 1 aromatic carbocycles. The Morgan fingerprint density at radius 1 is 1.25 bits per heavy atom. The molecule has 0 saturated carbocycles. The average molecular weight is 297 g/mol. The number of hydrogen-bond donors (Lipinski definition) is 1. The highest BCUT2D eigenvalue weighted by Gasteiger charge is 2.28. The van der Waals surface area contributed by atoms with Crippen LogP contribution in [-0.4, -0.2) is 55.4 Å². The molecule has 1 atom stereocenters. The molecule has 3 rings (SSSR count). The van der Waals surface area contributed by atoms with E-state index in [1.54, 1.807) is 0 Å². The molecule has 2 fully saturated rings. The largest absolute Gasteiger partial charge is 0.392 e. The summed E-state index contributed by atoms with van der Waals surface area (Å²) in [6.45, 7) is 5.91. The van der Waals surface area contributed by atoms with Crippen LogP contribution in [0.3, 0.4) is 0 Å². The second-order valence-corrected chi connectivity index (χ2v) is 5.88. The molecule has 20 heavy (non-hydrogen) atoms. The molecule has 4 nitrogen and oxygen atoms in total. The highest BCUT2D eigenvalue weighted by atomic mass is 35.5. The topological polar surface area (TPSA) is 35.9 Å². The molecule has 1 unspecified atom stereocenters. The number of ether oxygens (including phenoxy) is 1. The van der Waals surface area contributed by atoms with Crippen molar-refractivity contribution >= 4 is 17.3 Å². The Bertz CT molecular complexity index is 463. The van der Waals surface area contributed by atoms with Crippen molar-refractivity contribution < 1.29 is 9.84 Å². The molecular formula is C15H21ClN2O2. The van der Waals surface area contributed by atoms with Crippen molar-refractivity contribution in [3.05, 3.63) is 28.8 Å². The van der Waals surface area contributed by atoms with Gasteiger partial charge in [-0.15, -0.1) is 0 Å². The van der Waals surface area contributed by atoms with Crippen molar-refractivity contribution in [2.45, 2.75) is 19.1 Å². The molecule has 0 amide bonds. The molecule has 110 valence electrons. The molecule has 0 aliphatic carbocycles. The van der Waals surface area contributed by atoms with Crippen molar-refractivity contribution in [3.8, 4) is 0 Å². The molecule has 0 bridgehead atoms. The van der Waals surface area contributed by atoms with Crippen LogP contribution in [0.25, 0.3) is 0 Å². The Balaban J connectivity index is 1.65. The Morgan fingerprint density at radius 2 is 2.05 bits per heavy atom. The minimum absolute atomic E-state index is 0.00445. The maximum Gasteiger partial charge on any atom is 0.0696 e. The van der Waals surface area contributed by atoms with E-state index in [1.165, 1.54) is 6.42 Å². The van der Waals surface area contributed by atoms with Gasteiger partial charge in [-0.05, 0) is 24.1 Å². The molecule has 2 aliphatic rings. The monoisotopic (exact) mass is 296 g/mol. The predicted octanol–water partition coefficient (Wildman–Crippen LogP) is 1.74. The van der Waals surface area contributed by atoms with Crippen molar-refractivity contribution in [1.82, 2.24) is 4.90 Å². The first-order chi connectivity index (χ1) is 9.78.